The Hall–Kier alpha value is -2.91. The molecule has 6 heteroatoms. The number of benzene rings is 1. The lowest BCUT2D eigenvalue weighted by Crippen LogP contribution is -2.60. The first kappa shape index (κ1) is 19.4. The van der Waals surface area contributed by atoms with Crippen molar-refractivity contribution < 1.29 is 9.90 Å². The number of amides is 1. The highest BCUT2D eigenvalue weighted by atomic mass is 16.3. The number of aliphatic hydroxyl groups is 1. The number of carbonyl (C=O) groups excluding carboxylic acids is 1. The average Bonchev–Trinajstić information content (AvgIpc) is 2.76. The summed E-state index contributed by atoms with van der Waals surface area (Å²) in [7, 11) is 0. The van der Waals surface area contributed by atoms with Gasteiger partial charge in [-0.25, -0.2) is 4.98 Å². The van der Waals surface area contributed by atoms with Gasteiger partial charge < -0.3 is 14.9 Å². The Bertz CT molecular complexity index is 919. The summed E-state index contributed by atoms with van der Waals surface area (Å²) in [5, 5.41) is 19.9. The summed E-state index contributed by atoms with van der Waals surface area (Å²) >= 11 is 0. The first-order valence-corrected chi connectivity index (χ1v) is 10.2. The van der Waals surface area contributed by atoms with Gasteiger partial charge in [0.1, 0.15) is 11.9 Å². The van der Waals surface area contributed by atoms with Crippen LogP contribution < -0.4 is 4.90 Å². The molecule has 6 nitrogen and oxygen atoms in total. The zero-order chi connectivity index (χ0) is 20.4. The maximum atomic E-state index is 13.1. The Balaban J connectivity index is 1.53. The number of hydrogen-bond donors (Lipinski definition) is 1. The SMILES string of the molecule is Cc1ccc(C(=O)N2CCC[C@]3(C2)CN(c2ccc(C#N)cn2)CC[C@H]3O)cc1. The minimum absolute atomic E-state index is 0.0323. The molecule has 4 rings (SSSR count). The summed E-state index contributed by atoms with van der Waals surface area (Å²) in [6.45, 7) is 4.65. The van der Waals surface area contributed by atoms with Gasteiger partial charge in [0.15, 0.2) is 0 Å². The summed E-state index contributed by atoms with van der Waals surface area (Å²) in [5.41, 5.74) is 2.01. The summed E-state index contributed by atoms with van der Waals surface area (Å²) < 4.78 is 0. The summed E-state index contributed by atoms with van der Waals surface area (Å²) in [4.78, 5) is 21.6. The second-order valence-corrected chi connectivity index (χ2v) is 8.30. The van der Waals surface area contributed by atoms with Crippen LogP contribution in [0.15, 0.2) is 42.6 Å². The Kier molecular flexibility index (Phi) is 5.25. The Labute approximate surface area is 171 Å². The normalized spacial score (nSPS) is 24.4. The van der Waals surface area contributed by atoms with Crippen LogP contribution in [0.3, 0.4) is 0 Å². The molecule has 150 valence electrons. The molecule has 3 heterocycles. The average molecular weight is 390 g/mol. The van der Waals surface area contributed by atoms with E-state index in [0.717, 1.165) is 30.8 Å². The minimum Gasteiger partial charge on any atom is -0.392 e. The highest BCUT2D eigenvalue weighted by Gasteiger charge is 2.46. The molecule has 1 aromatic carbocycles. The zero-order valence-corrected chi connectivity index (χ0v) is 16.7. The second-order valence-electron chi connectivity index (χ2n) is 8.30. The van der Waals surface area contributed by atoms with Gasteiger partial charge in [-0.1, -0.05) is 17.7 Å². The molecule has 2 saturated heterocycles. The molecule has 0 unspecified atom stereocenters. The number of nitriles is 1. The maximum Gasteiger partial charge on any atom is 0.253 e. The van der Waals surface area contributed by atoms with Gasteiger partial charge in [0.25, 0.3) is 5.91 Å². The molecule has 29 heavy (non-hydrogen) atoms. The van der Waals surface area contributed by atoms with Crippen molar-refractivity contribution in [3.8, 4) is 6.07 Å². The lowest BCUT2D eigenvalue weighted by molar-refractivity contribution is -0.0362. The summed E-state index contributed by atoms with van der Waals surface area (Å²) in [6.07, 6.45) is 3.56. The molecule has 0 saturated carbocycles. The van der Waals surface area contributed by atoms with Crippen molar-refractivity contribution in [2.75, 3.05) is 31.1 Å². The van der Waals surface area contributed by atoms with Crippen molar-refractivity contribution in [1.29, 1.82) is 5.26 Å². The standard InChI is InChI=1S/C23H26N4O2/c1-17-3-6-19(7-4-17)22(29)27-11-2-10-23(16-27)15-26(12-9-20(23)28)21-8-5-18(13-24)14-25-21/h3-8,14,20,28H,2,9-12,15-16H2,1H3/t20-,23-/m1/s1. The van der Waals surface area contributed by atoms with Gasteiger partial charge in [-0.05, 0) is 50.5 Å². The molecule has 0 aliphatic carbocycles. The van der Waals surface area contributed by atoms with Crippen LogP contribution >= 0.6 is 0 Å². The maximum absolute atomic E-state index is 13.1. The lowest BCUT2D eigenvalue weighted by atomic mass is 9.71. The van der Waals surface area contributed by atoms with Crippen LogP contribution in [0.5, 0.6) is 0 Å². The largest absolute Gasteiger partial charge is 0.392 e. The van der Waals surface area contributed by atoms with Crippen LogP contribution in [0.1, 0.15) is 40.7 Å². The number of anilines is 1. The molecule has 2 fully saturated rings. The lowest BCUT2D eigenvalue weighted by Gasteiger charge is -2.51. The number of piperidine rings is 2. The van der Waals surface area contributed by atoms with Gasteiger partial charge in [0.05, 0.1) is 11.7 Å². The van der Waals surface area contributed by atoms with Gasteiger partial charge in [0.2, 0.25) is 0 Å². The van der Waals surface area contributed by atoms with Crippen molar-refractivity contribution >= 4 is 11.7 Å². The van der Waals surface area contributed by atoms with E-state index in [4.69, 9.17) is 5.26 Å². The highest BCUT2D eigenvalue weighted by Crippen LogP contribution is 2.40. The van der Waals surface area contributed by atoms with Crippen molar-refractivity contribution in [3.63, 3.8) is 0 Å². The third kappa shape index (κ3) is 3.83. The number of carbonyl (C=O) groups is 1. The van der Waals surface area contributed by atoms with E-state index in [1.165, 1.54) is 0 Å². The Morgan fingerprint density at radius 3 is 2.69 bits per heavy atom. The van der Waals surface area contributed by atoms with Gasteiger partial charge in [0, 0.05) is 43.4 Å². The molecular weight excluding hydrogens is 364 g/mol. The number of likely N-dealkylation sites (tertiary alicyclic amines) is 1. The second kappa shape index (κ2) is 7.84. The number of aryl methyl sites for hydroxylation is 1. The number of hydrogen-bond acceptors (Lipinski definition) is 5. The fraction of sp³-hybridized carbons (Fsp3) is 0.435. The topological polar surface area (TPSA) is 80.5 Å². The van der Waals surface area contributed by atoms with E-state index >= 15 is 0 Å². The molecular formula is C23H26N4O2. The number of rotatable bonds is 2. The van der Waals surface area contributed by atoms with Gasteiger partial charge >= 0.3 is 0 Å². The molecule has 1 amide bonds. The molecule has 2 aliphatic heterocycles. The van der Waals surface area contributed by atoms with Crippen molar-refractivity contribution in [2.24, 2.45) is 5.41 Å². The van der Waals surface area contributed by atoms with E-state index in [9.17, 15) is 9.90 Å². The zero-order valence-electron chi connectivity index (χ0n) is 16.7. The monoisotopic (exact) mass is 390 g/mol. The van der Waals surface area contributed by atoms with Crippen LogP contribution in [0, 0.1) is 23.7 Å². The molecule has 1 N–H and O–H groups in total. The molecule has 1 aromatic heterocycles. The van der Waals surface area contributed by atoms with Crippen LogP contribution in [-0.4, -0.2) is 53.2 Å². The fourth-order valence-corrected chi connectivity index (χ4v) is 4.60. The van der Waals surface area contributed by atoms with Gasteiger partial charge in [-0.3, -0.25) is 4.79 Å². The third-order valence-corrected chi connectivity index (χ3v) is 6.28. The molecule has 2 aromatic rings. The van der Waals surface area contributed by atoms with Crippen LogP contribution in [-0.2, 0) is 0 Å². The number of pyridine rings is 1. The van der Waals surface area contributed by atoms with Crippen LogP contribution in [0.25, 0.3) is 0 Å². The molecule has 0 radical (unpaired) electrons. The fourth-order valence-electron chi connectivity index (χ4n) is 4.60. The molecule has 2 atom stereocenters. The van der Waals surface area contributed by atoms with E-state index in [1.54, 1.807) is 12.3 Å². The molecule has 2 aliphatic rings. The minimum atomic E-state index is -0.439. The van der Waals surface area contributed by atoms with E-state index < -0.39 is 6.10 Å². The smallest absolute Gasteiger partial charge is 0.253 e. The van der Waals surface area contributed by atoms with Gasteiger partial charge in [-0.2, -0.15) is 5.26 Å². The number of aliphatic hydroxyl groups excluding tert-OH is 1. The predicted octanol–water partition coefficient (Wildman–Crippen LogP) is 2.76. The Morgan fingerprint density at radius 2 is 2.00 bits per heavy atom. The quantitative estimate of drug-likeness (QED) is 0.853. The first-order valence-electron chi connectivity index (χ1n) is 10.2. The van der Waals surface area contributed by atoms with Crippen molar-refractivity contribution in [1.82, 2.24) is 9.88 Å². The van der Waals surface area contributed by atoms with Crippen LogP contribution in [0.4, 0.5) is 5.82 Å². The number of aromatic nitrogens is 1. The summed E-state index contributed by atoms with van der Waals surface area (Å²) in [5.74, 6) is 0.849. The highest BCUT2D eigenvalue weighted by molar-refractivity contribution is 5.94. The third-order valence-electron chi connectivity index (χ3n) is 6.28. The molecule has 0 bridgehead atoms. The van der Waals surface area contributed by atoms with E-state index in [-0.39, 0.29) is 11.3 Å². The van der Waals surface area contributed by atoms with Crippen LogP contribution in [0.2, 0.25) is 0 Å². The summed E-state index contributed by atoms with van der Waals surface area (Å²) in [6, 6.07) is 13.4. The predicted molar refractivity (Wildman–Crippen MR) is 111 cm³/mol. The van der Waals surface area contributed by atoms with Crippen molar-refractivity contribution in [3.05, 3.63) is 59.3 Å². The molecule has 1 spiro atoms. The Morgan fingerprint density at radius 1 is 1.21 bits per heavy atom. The van der Waals surface area contributed by atoms with Gasteiger partial charge in [-0.15, -0.1) is 0 Å². The van der Waals surface area contributed by atoms with Crippen molar-refractivity contribution in [2.45, 2.75) is 32.3 Å². The number of nitrogens with zero attached hydrogens (tertiary/aromatic N) is 4. The first-order chi connectivity index (χ1) is 14.0. The van der Waals surface area contributed by atoms with E-state index in [0.29, 0.717) is 37.2 Å². The van der Waals surface area contributed by atoms with E-state index in [1.807, 2.05) is 42.2 Å². The van der Waals surface area contributed by atoms with E-state index in [2.05, 4.69) is 16.0 Å².